The molecular formula is C12H14N4OS3. The van der Waals surface area contributed by atoms with Crippen LogP contribution in [0.2, 0.25) is 0 Å². The van der Waals surface area contributed by atoms with E-state index in [1.54, 1.807) is 11.8 Å². The number of hydrogen-bond acceptors (Lipinski definition) is 7. The lowest BCUT2D eigenvalue weighted by molar-refractivity contribution is -0.115. The highest BCUT2D eigenvalue weighted by Crippen LogP contribution is 2.26. The summed E-state index contributed by atoms with van der Waals surface area (Å²) in [6, 6.07) is 7.76. The van der Waals surface area contributed by atoms with Gasteiger partial charge in [0.05, 0.1) is 5.69 Å². The number of nitrogen functional groups attached to an aromatic ring is 1. The van der Waals surface area contributed by atoms with Crippen molar-refractivity contribution in [1.82, 2.24) is 10.2 Å². The summed E-state index contributed by atoms with van der Waals surface area (Å²) in [5, 5.41) is 11.0. The molecule has 0 saturated carbocycles. The molecule has 0 fully saturated rings. The van der Waals surface area contributed by atoms with Crippen molar-refractivity contribution in [2.45, 2.75) is 15.7 Å². The molecule has 0 aliphatic heterocycles. The molecule has 5 nitrogen and oxygen atoms in total. The number of benzene rings is 1. The fraction of sp³-hybridized carbons (Fsp3) is 0.250. The fourth-order valence-corrected chi connectivity index (χ4v) is 3.67. The summed E-state index contributed by atoms with van der Waals surface area (Å²) >= 11 is 4.43. The molecule has 0 atom stereocenters. The number of carbonyl (C=O) groups is 1. The summed E-state index contributed by atoms with van der Waals surface area (Å²) in [6.07, 6.45) is 2.41. The number of hydrogen-bond donors (Lipinski definition) is 2. The van der Waals surface area contributed by atoms with Gasteiger partial charge in [0.2, 0.25) is 11.0 Å². The Morgan fingerprint density at radius 1 is 1.40 bits per heavy atom. The first-order valence-electron chi connectivity index (χ1n) is 5.83. The lowest BCUT2D eigenvalue weighted by Gasteiger charge is -2.08. The van der Waals surface area contributed by atoms with Gasteiger partial charge in [-0.25, -0.2) is 0 Å². The van der Waals surface area contributed by atoms with E-state index in [-0.39, 0.29) is 5.91 Å². The molecule has 0 bridgehead atoms. The molecular weight excluding hydrogens is 312 g/mol. The summed E-state index contributed by atoms with van der Waals surface area (Å²) < 4.78 is 0.791. The van der Waals surface area contributed by atoms with E-state index in [0.717, 1.165) is 14.9 Å². The van der Waals surface area contributed by atoms with E-state index in [2.05, 4.69) is 15.5 Å². The summed E-state index contributed by atoms with van der Waals surface area (Å²) in [4.78, 5) is 12.9. The van der Waals surface area contributed by atoms with Gasteiger partial charge in [-0.1, -0.05) is 35.2 Å². The molecule has 2 aromatic rings. The highest BCUT2D eigenvalue weighted by Gasteiger charge is 2.07. The number of aromatic nitrogens is 2. The molecule has 1 aromatic heterocycles. The Kier molecular flexibility index (Phi) is 5.69. The Labute approximate surface area is 129 Å². The average Bonchev–Trinajstić information content (AvgIpc) is 2.85. The molecule has 0 radical (unpaired) electrons. The van der Waals surface area contributed by atoms with Gasteiger partial charge in [0.25, 0.3) is 0 Å². The van der Waals surface area contributed by atoms with Gasteiger partial charge in [-0.2, -0.15) is 0 Å². The molecule has 0 unspecified atom stereocenters. The number of rotatable bonds is 6. The number of nitrogens with two attached hydrogens (primary N) is 1. The minimum atomic E-state index is -0.00325. The predicted molar refractivity (Wildman–Crippen MR) is 86.5 cm³/mol. The number of nitrogens with one attached hydrogen (secondary N) is 1. The number of carbonyl (C=O) groups excluding carboxylic acids is 1. The van der Waals surface area contributed by atoms with Gasteiger partial charge in [0.1, 0.15) is 0 Å². The predicted octanol–water partition coefficient (Wildman–Crippen LogP) is 2.96. The number of para-hydroxylation sites is 1. The largest absolute Gasteiger partial charge is 0.374 e. The maximum Gasteiger partial charge on any atom is 0.225 e. The first-order valence-corrected chi connectivity index (χ1v) is 8.86. The van der Waals surface area contributed by atoms with Gasteiger partial charge in [-0.3, -0.25) is 4.79 Å². The normalized spacial score (nSPS) is 10.4. The smallest absolute Gasteiger partial charge is 0.225 e. The minimum absolute atomic E-state index is 0.00325. The van der Waals surface area contributed by atoms with E-state index < -0.39 is 0 Å². The van der Waals surface area contributed by atoms with Crippen LogP contribution in [0, 0.1) is 0 Å². The summed E-state index contributed by atoms with van der Waals surface area (Å²) in [7, 11) is 0. The SMILES string of the molecule is CSc1ccccc1NC(=O)CCSc1nnc(N)s1. The third-order valence-electron chi connectivity index (χ3n) is 2.36. The highest BCUT2D eigenvalue weighted by molar-refractivity contribution is 8.01. The molecule has 106 valence electrons. The Morgan fingerprint density at radius 2 is 2.20 bits per heavy atom. The molecule has 20 heavy (non-hydrogen) atoms. The summed E-state index contributed by atoms with van der Waals surface area (Å²) in [6.45, 7) is 0. The van der Waals surface area contributed by atoms with Gasteiger partial charge in [0, 0.05) is 17.1 Å². The number of amides is 1. The van der Waals surface area contributed by atoms with Crippen LogP contribution in [0.1, 0.15) is 6.42 Å². The van der Waals surface area contributed by atoms with Crippen molar-refractivity contribution >= 4 is 51.6 Å². The van der Waals surface area contributed by atoms with Crippen LogP contribution in [-0.2, 0) is 4.79 Å². The van der Waals surface area contributed by atoms with E-state index >= 15 is 0 Å². The zero-order chi connectivity index (χ0) is 14.4. The third-order valence-corrected chi connectivity index (χ3v) is 5.04. The van der Waals surface area contributed by atoms with Crippen LogP contribution in [-0.4, -0.2) is 28.1 Å². The lowest BCUT2D eigenvalue weighted by atomic mass is 10.3. The molecule has 1 amide bonds. The van der Waals surface area contributed by atoms with Crippen molar-refractivity contribution in [3.05, 3.63) is 24.3 Å². The van der Waals surface area contributed by atoms with E-state index in [9.17, 15) is 4.79 Å². The van der Waals surface area contributed by atoms with Crippen molar-refractivity contribution < 1.29 is 4.79 Å². The van der Waals surface area contributed by atoms with E-state index in [0.29, 0.717) is 17.3 Å². The van der Waals surface area contributed by atoms with Crippen LogP contribution in [0.15, 0.2) is 33.5 Å². The molecule has 0 aliphatic carbocycles. The number of nitrogens with zero attached hydrogens (tertiary/aromatic N) is 2. The van der Waals surface area contributed by atoms with Crippen molar-refractivity contribution in [3.8, 4) is 0 Å². The zero-order valence-electron chi connectivity index (χ0n) is 10.8. The van der Waals surface area contributed by atoms with Crippen LogP contribution >= 0.6 is 34.9 Å². The molecule has 0 saturated heterocycles. The molecule has 1 aromatic carbocycles. The Bertz CT molecular complexity index is 588. The Balaban J connectivity index is 1.80. The van der Waals surface area contributed by atoms with E-state index in [4.69, 9.17) is 5.73 Å². The zero-order valence-corrected chi connectivity index (χ0v) is 13.3. The number of anilines is 2. The highest BCUT2D eigenvalue weighted by atomic mass is 32.2. The quantitative estimate of drug-likeness (QED) is 0.794. The second-order valence-corrected chi connectivity index (χ2v) is 6.95. The average molecular weight is 326 g/mol. The van der Waals surface area contributed by atoms with Crippen LogP contribution < -0.4 is 11.1 Å². The summed E-state index contributed by atoms with van der Waals surface area (Å²) in [5.41, 5.74) is 6.35. The second-order valence-electron chi connectivity index (χ2n) is 3.75. The van der Waals surface area contributed by atoms with Crippen LogP contribution in [0.25, 0.3) is 0 Å². The van der Waals surface area contributed by atoms with Gasteiger partial charge in [0.15, 0.2) is 4.34 Å². The van der Waals surface area contributed by atoms with E-state index in [1.165, 1.54) is 23.1 Å². The minimum Gasteiger partial charge on any atom is -0.374 e. The van der Waals surface area contributed by atoms with Gasteiger partial charge >= 0.3 is 0 Å². The van der Waals surface area contributed by atoms with Crippen LogP contribution in [0.4, 0.5) is 10.8 Å². The molecule has 2 rings (SSSR count). The van der Waals surface area contributed by atoms with Crippen LogP contribution in [0.3, 0.4) is 0 Å². The van der Waals surface area contributed by atoms with Crippen molar-refractivity contribution in [1.29, 1.82) is 0 Å². The number of thioether (sulfide) groups is 2. The molecule has 1 heterocycles. The van der Waals surface area contributed by atoms with E-state index in [1.807, 2.05) is 30.5 Å². The topological polar surface area (TPSA) is 80.9 Å². The fourth-order valence-electron chi connectivity index (χ4n) is 1.47. The van der Waals surface area contributed by atoms with Gasteiger partial charge in [-0.15, -0.1) is 22.0 Å². The monoisotopic (exact) mass is 326 g/mol. The molecule has 0 aliphatic rings. The van der Waals surface area contributed by atoms with Crippen LogP contribution in [0.5, 0.6) is 0 Å². The van der Waals surface area contributed by atoms with Gasteiger partial charge < -0.3 is 11.1 Å². The molecule has 3 N–H and O–H groups in total. The first kappa shape index (κ1) is 15.1. The first-order chi connectivity index (χ1) is 9.69. The standard InChI is InChI=1S/C12H14N4OS3/c1-18-9-5-3-2-4-8(9)14-10(17)6-7-19-12-16-15-11(13)20-12/h2-5H,6-7H2,1H3,(H2,13,15)(H,14,17). The maximum absolute atomic E-state index is 11.9. The van der Waals surface area contributed by atoms with Crippen molar-refractivity contribution in [2.75, 3.05) is 23.1 Å². The Morgan fingerprint density at radius 3 is 2.90 bits per heavy atom. The van der Waals surface area contributed by atoms with Crippen molar-refractivity contribution in [2.24, 2.45) is 0 Å². The maximum atomic E-state index is 11.9. The Hall–Kier alpha value is -1.25. The third kappa shape index (κ3) is 4.39. The van der Waals surface area contributed by atoms with Gasteiger partial charge in [-0.05, 0) is 18.4 Å². The van der Waals surface area contributed by atoms with Crippen molar-refractivity contribution in [3.63, 3.8) is 0 Å². The molecule has 0 spiro atoms. The summed E-state index contributed by atoms with van der Waals surface area (Å²) in [5.74, 6) is 0.651. The second kappa shape index (κ2) is 7.51. The molecule has 8 heteroatoms. The lowest BCUT2D eigenvalue weighted by Crippen LogP contribution is -2.12.